The molecule has 5 heteroatoms. The highest BCUT2D eigenvalue weighted by Gasteiger charge is 2.30. The molecule has 0 spiro atoms. The standard InChI is InChI=1S/C16H21N3OS/c1-16(2,3)14(20)17-12-6-4-5-11(9-12)13-10-19-7-8-21-15(19)18-13/h4-6,9,13H,7-8,10H2,1-3H3,(H,17,20). The van der Waals surface area contributed by atoms with Gasteiger partial charge in [0, 0.05) is 29.9 Å². The first-order valence-corrected chi connectivity index (χ1v) is 8.29. The van der Waals surface area contributed by atoms with Crippen molar-refractivity contribution in [1.29, 1.82) is 0 Å². The number of anilines is 1. The van der Waals surface area contributed by atoms with Crippen molar-refractivity contribution in [2.75, 3.05) is 24.2 Å². The molecule has 2 aliphatic heterocycles. The number of aliphatic imine (C=N–C) groups is 1. The Kier molecular flexibility index (Phi) is 3.69. The highest BCUT2D eigenvalue weighted by atomic mass is 32.2. The van der Waals surface area contributed by atoms with Gasteiger partial charge in [-0.25, -0.2) is 0 Å². The van der Waals surface area contributed by atoms with E-state index in [-0.39, 0.29) is 17.4 Å². The molecule has 1 N–H and O–H groups in total. The zero-order valence-corrected chi connectivity index (χ0v) is 13.5. The van der Waals surface area contributed by atoms with Gasteiger partial charge in [0.1, 0.15) is 0 Å². The Labute approximate surface area is 130 Å². The van der Waals surface area contributed by atoms with E-state index in [2.05, 4.69) is 16.3 Å². The lowest BCUT2D eigenvalue weighted by Gasteiger charge is -2.18. The zero-order valence-electron chi connectivity index (χ0n) is 12.7. The van der Waals surface area contributed by atoms with Crippen molar-refractivity contribution in [1.82, 2.24) is 4.90 Å². The van der Waals surface area contributed by atoms with E-state index in [0.717, 1.165) is 24.5 Å². The number of hydrogen-bond donors (Lipinski definition) is 1. The van der Waals surface area contributed by atoms with E-state index in [4.69, 9.17) is 4.99 Å². The van der Waals surface area contributed by atoms with Gasteiger partial charge in [0.15, 0.2) is 5.17 Å². The fourth-order valence-electron chi connectivity index (χ4n) is 2.43. The van der Waals surface area contributed by atoms with Gasteiger partial charge in [-0.05, 0) is 17.7 Å². The second kappa shape index (κ2) is 5.37. The van der Waals surface area contributed by atoms with Gasteiger partial charge in [-0.2, -0.15) is 0 Å². The van der Waals surface area contributed by atoms with Gasteiger partial charge in [-0.1, -0.05) is 44.7 Å². The number of fused-ring (bicyclic) bond motifs is 1. The van der Waals surface area contributed by atoms with Crippen LogP contribution in [0.15, 0.2) is 29.3 Å². The smallest absolute Gasteiger partial charge is 0.229 e. The molecular formula is C16H21N3OS. The van der Waals surface area contributed by atoms with Crippen LogP contribution in [0.2, 0.25) is 0 Å². The molecule has 2 aliphatic rings. The molecular weight excluding hydrogens is 282 g/mol. The van der Waals surface area contributed by atoms with Crippen LogP contribution in [0.25, 0.3) is 0 Å². The van der Waals surface area contributed by atoms with Gasteiger partial charge in [0.2, 0.25) is 5.91 Å². The van der Waals surface area contributed by atoms with Crippen LogP contribution in [0, 0.1) is 5.41 Å². The second-order valence-corrected chi connectivity index (χ2v) is 7.61. The second-order valence-electron chi connectivity index (χ2n) is 6.55. The van der Waals surface area contributed by atoms with Crippen molar-refractivity contribution >= 4 is 28.5 Å². The summed E-state index contributed by atoms with van der Waals surface area (Å²) in [5, 5.41) is 4.16. The number of carbonyl (C=O) groups excluding carboxylic acids is 1. The van der Waals surface area contributed by atoms with Crippen molar-refractivity contribution < 1.29 is 4.79 Å². The molecule has 1 saturated heterocycles. The number of thioether (sulfide) groups is 1. The van der Waals surface area contributed by atoms with Crippen molar-refractivity contribution in [3.8, 4) is 0 Å². The van der Waals surface area contributed by atoms with Crippen LogP contribution in [0.5, 0.6) is 0 Å². The van der Waals surface area contributed by atoms with Crippen molar-refractivity contribution in [3.05, 3.63) is 29.8 Å². The summed E-state index contributed by atoms with van der Waals surface area (Å²) in [5.41, 5.74) is 1.64. The summed E-state index contributed by atoms with van der Waals surface area (Å²) in [4.78, 5) is 19.2. The van der Waals surface area contributed by atoms with E-state index < -0.39 is 0 Å². The van der Waals surface area contributed by atoms with Crippen LogP contribution in [0.1, 0.15) is 32.4 Å². The Morgan fingerprint density at radius 2 is 2.24 bits per heavy atom. The normalized spacial score (nSPS) is 21.2. The number of amidine groups is 1. The van der Waals surface area contributed by atoms with Crippen molar-refractivity contribution in [2.45, 2.75) is 26.8 Å². The number of amides is 1. The lowest BCUT2D eigenvalue weighted by atomic mass is 9.95. The SMILES string of the molecule is CC(C)(C)C(=O)Nc1cccc(C2CN3CCSC3=N2)c1. The van der Waals surface area contributed by atoms with E-state index in [1.807, 2.05) is 50.7 Å². The van der Waals surface area contributed by atoms with Crippen LogP contribution in [-0.4, -0.2) is 34.8 Å². The number of carbonyl (C=O) groups is 1. The molecule has 2 heterocycles. The molecule has 112 valence electrons. The molecule has 1 fully saturated rings. The lowest BCUT2D eigenvalue weighted by molar-refractivity contribution is -0.123. The van der Waals surface area contributed by atoms with Gasteiger partial charge in [0.05, 0.1) is 6.04 Å². The molecule has 0 aromatic heterocycles. The lowest BCUT2D eigenvalue weighted by Crippen LogP contribution is -2.27. The molecule has 1 atom stereocenters. The molecule has 0 radical (unpaired) electrons. The minimum absolute atomic E-state index is 0.0357. The first kappa shape index (κ1) is 14.4. The molecule has 4 nitrogen and oxygen atoms in total. The molecule has 1 aromatic rings. The van der Waals surface area contributed by atoms with Crippen LogP contribution < -0.4 is 5.32 Å². The van der Waals surface area contributed by atoms with Crippen LogP contribution in [0.3, 0.4) is 0 Å². The molecule has 0 aliphatic carbocycles. The number of benzene rings is 1. The third-order valence-electron chi connectivity index (χ3n) is 3.73. The van der Waals surface area contributed by atoms with Gasteiger partial charge in [-0.15, -0.1) is 0 Å². The summed E-state index contributed by atoms with van der Waals surface area (Å²) < 4.78 is 0. The molecule has 1 aromatic carbocycles. The largest absolute Gasteiger partial charge is 0.348 e. The summed E-state index contributed by atoms with van der Waals surface area (Å²) in [6, 6.07) is 8.26. The predicted octanol–water partition coefficient (Wildman–Crippen LogP) is 3.13. The molecule has 0 saturated carbocycles. The Morgan fingerprint density at radius 3 is 2.95 bits per heavy atom. The van der Waals surface area contributed by atoms with E-state index >= 15 is 0 Å². The third-order valence-corrected chi connectivity index (χ3v) is 4.74. The molecule has 1 unspecified atom stereocenters. The average molecular weight is 303 g/mol. The first-order valence-electron chi connectivity index (χ1n) is 7.30. The highest BCUT2D eigenvalue weighted by Crippen LogP contribution is 2.33. The van der Waals surface area contributed by atoms with Gasteiger partial charge in [0.25, 0.3) is 0 Å². The number of nitrogens with zero attached hydrogens (tertiary/aromatic N) is 2. The minimum Gasteiger partial charge on any atom is -0.348 e. The summed E-state index contributed by atoms with van der Waals surface area (Å²) in [6.45, 7) is 7.81. The number of hydrogen-bond acceptors (Lipinski definition) is 4. The Morgan fingerprint density at radius 1 is 1.43 bits per heavy atom. The summed E-state index contributed by atoms with van der Waals surface area (Å²) >= 11 is 1.84. The maximum atomic E-state index is 12.1. The molecule has 0 bridgehead atoms. The Balaban J connectivity index is 1.75. The molecule has 21 heavy (non-hydrogen) atoms. The fraction of sp³-hybridized carbons (Fsp3) is 0.500. The predicted molar refractivity (Wildman–Crippen MR) is 88.7 cm³/mol. The summed E-state index contributed by atoms with van der Waals surface area (Å²) in [6.07, 6.45) is 0. The molecule has 3 rings (SSSR count). The molecule has 1 amide bonds. The average Bonchev–Trinajstić information content (AvgIpc) is 2.98. The van der Waals surface area contributed by atoms with Gasteiger partial charge < -0.3 is 10.2 Å². The minimum atomic E-state index is -0.386. The number of rotatable bonds is 2. The monoisotopic (exact) mass is 303 g/mol. The van der Waals surface area contributed by atoms with E-state index in [9.17, 15) is 4.79 Å². The first-order chi connectivity index (χ1) is 9.93. The van der Waals surface area contributed by atoms with E-state index in [1.165, 1.54) is 10.7 Å². The fourth-order valence-corrected chi connectivity index (χ4v) is 3.47. The third kappa shape index (κ3) is 3.07. The maximum Gasteiger partial charge on any atom is 0.229 e. The van der Waals surface area contributed by atoms with Crippen LogP contribution in [0.4, 0.5) is 5.69 Å². The number of nitrogens with one attached hydrogen (secondary N) is 1. The quantitative estimate of drug-likeness (QED) is 0.913. The topological polar surface area (TPSA) is 44.7 Å². The highest BCUT2D eigenvalue weighted by molar-refractivity contribution is 8.14. The van der Waals surface area contributed by atoms with Gasteiger partial charge >= 0.3 is 0 Å². The van der Waals surface area contributed by atoms with Crippen LogP contribution in [-0.2, 0) is 4.79 Å². The van der Waals surface area contributed by atoms with Crippen molar-refractivity contribution in [3.63, 3.8) is 0 Å². The maximum absolute atomic E-state index is 12.1. The van der Waals surface area contributed by atoms with E-state index in [1.54, 1.807) is 0 Å². The summed E-state index contributed by atoms with van der Waals surface area (Å²) in [5.74, 6) is 1.18. The van der Waals surface area contributed by atoms with Crippen molar-refractivity contribution in [2.24, 2.45) is 10.4 Å². The Bertz CT molecular complexity index is 591. The van der Waals surface area contributed by atoms with E-state index in [0.29, 0.717) is 0 Å². The Hall–Kier alpha value is -1.49. The van der Waals surface area contributed by atoms with Crippen LogP contribution >= 0.6 is 11.8 Å². The van der Waals surface area contributed by atoms with Gasteiger partial charge in [-0.3, -0.25) is 9.79 Å². The zero-order chi connectivity index (χ0) is 15.0. The summed E-state index contributed by atoms with van der Waals surface area (Å²) in [7, 11) is 0.